The van der Waals surface area contributed by atoms with Crippen LogP contribution in [0.4, 0.5) is 0 Å². The van der Waals surface area contributed by atoms with Gasteiger partial charge in [0.15, 0.2) is 5.78 Å². The van der Waals surface area contributed by atoms with E-state index in [1.54, 1.807) is 29.2 Å². The van der Waals surface area contributed by atoms with Crippen LogP contribution in [0.1, 0.15) is 16.8 Å². The minimum Gasteiger partial charge on any atom is -0.481 e. The molecule has 1 saturated heterocycles. The van der Waals surface area contributed by atoms with Crippen molar-refractivity contribution in [2.24, 2.45) is 5.92 Å². The van der Waals surface area contributed by atoms with Crippen molar-refractivity contribution in [2.75, 3.05) is 12.3 Å². The number of thioether (sulfide) groups is 1. The fourth-order valence-electron chi connectivity index (χ4n) is 2.68. The van der Waals surface area contributed by atoms with Gasteiger partial charge >= 0.3 is 5.97 Å². The summed E-state index contributed by atoms with van der Waals surface area (Å²) in [7, 11) is 0. The Hall–Kier alpha value is -1.60. The van der Waals surface area contributed by atoms with Crippen molar-refractivity contribution in [3.05, 3.63) is 44.9 Å². The summed E-state index contributed by atoms with van der Waals surface area (Å²) in [6, 6.07) is 6.84. The molecule has 0 radical (unpaired) electrons. The van der Waals surface area contributed by atoms with Crippen LogP contribution in [0, 0.1) is 5.92 Å². The molecule has 3 rings (SSSR count). The molecule has 2 aliphatic heterocycles. The number of carbonyl (C=O) groups excluding carboxylic acids is 2. The van der Waals surface area contributed by atoms with Gasteiger partial charge in [-0.3, -0.25) is 14.4 Å². The van der Waals surface area contributed by atoms with Crippen molar-refractivity contribution in [1.82, 2.24) is 4.90 Å². The molecule has 1 aromatic rings. The van der Waals surface area contributed by atoms with Crippen LogP contribution in [0.5, 0.6) is 0 Å². The van der Waals surface area contributed by atoms with Crippen LogP contribution in [-0.2, 0) is 9.59 Å². The van der Waals surface area contributed by atoms with Crippen LogP contribution in [0.3, 0.4) is 0 Å². The number of ketones is 1. The molecule has 0 aromatic heterocycles. The van der Waals surface area contributed by atoms with Crippen molar-refractivity contribution in [3.63, 3.8) is 0 Å². The number of carboxylic acids is 1. The zero-order chi connectivity index (χ0) is 15.9. The van der Waals surface area contributed by atoms with Gasteiger partial charge in [-0.25, -0.2) is 0 Å². The predicted octanol–water partition coefficient (Wildman–Crippen LogP) is 2.52. The van der Waals surface area contributed by atoms with E-state index in [0.29, 0.717) is 22.7 Å². The minimum absolute atomic E-state index is 0.265. The second kappa shape index (κ2) is 5.89. The molecule has 2 heterocycles. The smallest absolute Gasteiger partial charge is 0.304 e. The molecule has 2 aliphatic rings. The molecule has 114 valence electrons. The Morgan fingerprint density at radius 2 is 2.00 bits per heavy atom. The van der Waals surface area contributed by atoms with Gasteiger partial charge in [-0.05, 0) is 24.3 Å². The zero-order valence-electron chi connectivity index (χ0n) is 11.4. The molecule has 0 spiro atoms. The first-order valence-corrected chi connectivity index (χ1v) is 8.47. The number of aliphatic carboxylic acids is 1. The molecular formula is C15H12BrNO4S. The highest BCUT2D eigenvalue weighted by atomic mass is 79.9. The first kappa shape index (κ1) is 15.3. The van der Waals surface area contributed by atoms with Crippen LogP contribution >= 0.6 is 27.7 Å². The van der Waals surface area contributed by atoms with Gasteiger partial charge in [0.2, 0.25) is 5.91 Å². The Labute approximate surface area is 139 Å². The lowest BCUT2D eigenvalue weighted by Crippen LogP contribution is -2.29. The Balaban J connectivity index is 2.02. The Bertz CT molecular complexity index is 698. The molecule has 1 N–H and O–H groups in total. The van der Waals surface area contributed by atoms with Gasteiger partial charge in [-0.1, -0.05) is 15.9 Å². The molecule has 0 saturated carbocycles. The van der Waals surface area contributed by atoms with Gasteiger partial charge < -0.3 is 10.0 Å². The van der Waals surface area contributed by atoms with Gasteiger partial charge in [0.05, 0.1) is 17.4 Å². The number of amides is 1. The standard InChI is InChI=1S/C15H12BrNO4S/c16-9-3-1-8(2-4-9)13(20)12-10(7-11(18)19)14(21)17-5-6-22-15(12)17/h1-4,10H,5-7H2,(H,18,19)/t10-/m1/s1. The number of hydrogen-bond acceptors (Lipinski definition) is 4. The Morgan fingerprint density at radius 3 is 2.64 bits per heavy atom. The summed E-state index contributed by atoms with van der Waals surface area (Å²) in [5, 5.41) is 9.67. The topological polar surface area (TPSA) is 74.7 Å². The summed E-state index contributed by atoms with van der Waals surface area (Å²) in [5.74, 6) is -1.76. The molecule has 1 fully saturated rings. The second-order valence-electron chi connectivity index (χ2n) is 5.04. The average Bonchev–Trinajstić information content (AvgIpc) is 3.03. The molecule has 1 aromatic carbocycles. The fraction of sp³-hybridized carbons (Fsp3) is 0.267. The maximum Gasteiger partial charge on any atom is 0.304 e. The van der Waals surface area contributed by atoms with Gasteiger partial charge in [-0.15, -0.1) is 11.8 Å². The van der Waals surface area contributed by atoms with E-state index in [1.165, 1.54) is 11.8 Å². The summed E-state index contributed by atoms with van der Waals surface area (Å²) in [6.45, 7) is 0.534. The number of halogens is 1. The molecule has 0 unspecified atom stereocenters. The number of carbonyl (C=O) groups is 3. The minimum atomic E-state index is -1.08. The molecule has 1 atom stereocenters. The highest BCUT2D eigenvalue weighted by Crippen LogP contribution is 2.43. The number of benzene rings is 1. The first-order valence-electron chi connectivity index (χ1n) is 6.69. The monoisotopic (exact) mass is 381 g/mol. The van der Waals surface area contributed by atoms with Crippen LogP contribution in [-0.4, -0.2) is 40.0 Å². The van der Waals surface area contributed by atoms with Crippen molar-refractivity contribution in [1.29, 1.82) is 0 Å². The largest absolute Gasteiger partial charge is 0.481 e. The van der Waals surface area contributed by atoms with Crippen LogP contribution < -0.4 is 0 Å². The quantitative estimate of drug-likeness (QED) is 0.811. The van der Waals surface area contributed by atoms with Gasteiger partial charge in [0, 0.05) is 27.9 Å². The third kappa shape index (κ3) is 2.59. The predicted molar refractivity (Wildman–Crippen MR) is 85.4 cm³/mol. The van der Waals surface area contributed by atoms with Crippen molar-refractivity contribution < 1.29 is 19.5 Å². The van der Waals surface area contributed by atoms with Crippen LogP contribution in [0.25, 0.3) is 0 Å². The van der Waals surface area contributed by atoms with Crippen molar-refractivity contribution in [2.45, 2.75) is 6.42 Å². The molecule has 0 aliphatic carbocycles. The number of hydrogen-bond donors (Lipinski definition) is 1. The van der Waals surface area contributed by atoms with E-state index < -0.39 is 11.9 Å². The Morgan fingerprint density at radius 1 is 1.32 bits per heavy atom. The van der Waals surface area contributed by atoms with E-state index in [4.69, 9.17) is 5.11 Å². The summed E-state index contributed by atoms with van der Waals surface area (Å²) < 4.78 is 0.850. The highest BCUT2D eigenvalue weighted by Gasteiger charge is 2.45. The van der Waals surface area contributed by atoms with E-state index in [-0.39, 0.29) is 18.1 Å². The SMILES string of the molecule is O=C(O)C[C@H]1C(=O)N2CCSC2=C1C(=O)c1ccc(Br)cc1. The lowest BCUT2D eigenvalue weighted by molar-refractivity contribution is -0.141. The normalized spacial score (nSPS) is 20.5. The molecule has 22 heavy (non-hydrogen) atoms. The number of carboxylic acid groups (broad SMARTS) is 1. The molecule has 7 heteroatoms. The summed E-state index contributed by atoms with van der Waals surface area (Å²) in [5.41, 5.74) is 0.792. The zero-order valence-corrected chi connectivity index (χ0v) is 13.8. The van der Waals surface area contributed by atoms with Crippen molar-refractivity contribution >= 4 is 45.4 Å². The summed E-state index contributed by atoms with van der Waals surface area (Å²) >= 11 is 4.75. The lowest BCUT2D eigenvalue weighted by Gasteiger charge is -2.12. The number of Topliss-reactive ketones (excluding diaryl/α,β-unsaturated/α-hetero) is 1. The average molecular weight is 382 g/mol. The molecular weight excluding hydrogens is 370 g/mol. The maximum atomic E-state index is 12.8. The number of fused-ring (bicyclic) bond motifs is 1. The maximum absolute atomic E-state index is 12.8. The fourth-order valence-corrected chi connectivity index (χ4v) is 4.14. The van der Waals surface area contributed by atoms with E-state index >= 15 is 0 Å². The first-order chi connectivity index (χ1) is 10.5. The van der Waals surface area contributed by atoms with Gasteiger partial charge in [-0.2, -0.15) is 0 Å². The summed E-state index contributed by atoms with van der Waals surface area (Å²) in [6.07, 6.45) is -0.350. The van der Waals surface area contributed by atoms with E-state index in [9.17, 15) is 14.4 Å². The van der Waals surface area contributed by atoms with E-state index in [1.807, 2.05) is 0 Å². The third-order valence-corrected chi connectivity index (χ3v) is 5.30. The Kier molecular flexibility index (Phi) is 4.10. The van der Waals surface area contributed by atoms with E-state index in [2.05, 4.69) is 15.9 Å². The number of nitrogens with zero attached hydrogens (tertiary/aromatic N) is 1. The van der Waals surface area contributed by atoms with Gasteiger partial charge in [0.1, 0.15) is 0 Å². The van der Waals surface area contributed by atoms with Gasteiger partial charge in [0.25, 0.3) is 0 Å². The lowest BCUT2D eigenvalue weighted by atomic mass is 9.91. The van der Waals surface area contributed by atoms with Crippen molar-refractivity contribution in [3.8, 4) is 0 Å². The highest BCUT2D eigenvalue weighted by molar-refractivity contribution is 9.10. The molecule has 0 bridgehead atoms. The third-order valence-electron chi connectivity index (χ3n) is 3.67. The summed E-state index contributed by atoms with van der Waals surface area (Å²) in [4.78, 5) is 37.7. The second-order valence-corrected chi connectivity index (χ2v) is 7.04. The number of rotatable bonds is 4. The molecule has 5 nitrogen and oxygen atoms in total. The molecule has 1 amide bonds. The van der Waals surface area contributed by atoms with Crippen LogP contribution in [0.2, 0.25) is 0 Å². The van der Waals surface area contributed by atoms with Crippen LogP contribution in [0.15, 0.2) is 39.3 Å². The van der Waals surface area contributed by atoms with E-state index in [0.717, 1.165) is 10.2 Å².